The molecule has 0 fully saturated rings. The standard InChI is InChI=1S/C9H10N2O5/c10-8(9(12)13)5-6-1-3-7(4-2-6)16-11(14)15/h1-4,8H,5,10H2,(H,12,13). The van der Waals surface area contributed by atoms with Crippen LogP contribution in [0.5, 0.6) is 5.75 Å². The van der Waals surface area contributed by atoms with Crippen LogP contribution in [0, 0.1) is 10.1 Å². The van der Waals surface area contributed by atoms with Gasteiger partial charge in [-0.2, -0.15) is 0 Å². The molecule has 1 unspecified atom stereocenters. The van der Waals surface area contributed by atoms with Gasteiger partial charge >= 0.3 is 5.97 Å². The maximum atomic E-state index is 10.5. The molecule has 1 aromatic rings. The summed E-state index contributed by atoms with van der Waals surface area (Å²) in [4.78, 5) is 24.7. The number of nitrogens with zero attached hydrogens (tertiary/aromatic N) is 1. The number of hydrogen-bond acceptors (Lipinski definition) is 5. The highest BCUT2D eigenvalue weighted by Crippen LogP contribution is 2.13. The predicted molar refractivity (Wildman–Crippen MR) is 53.4 cm³/mol. The van der Waals surface area contributed by atoms with Gasteiger partial charge in [0.15, 0.2) is 0 Å². The van der Waals surface area contributed by atoms with Crippen molar-refractivity contribution in [1.29, 1.82) is 0 Å². The van der Waals surface area contributed by atoms with Gasteiger partial charge in [-0.15, -0.1) is 10.1 Å². The number of nitrogens with two attached hydrogens (primary N) is 1. The summed E-state index contributed by atoms with van der Waals surface area (Å²) in [6.07, 6.45) is 0.161. The second kappa shape index (κ2) is 5.08. The monoisotopic (exact) mass is 226 g/mol. The summed E-state index contributed by atoms with van der Waals surface area (Å²) in [5.41, 5.74) is 6.00. The van der Waals surface area contributed by atoms with E-state index in [9.17, 15) is 14.9 Å². The van der Waals surface area contributed by atoms with Crippen LogP contribution in [0.1, 0.15) is 5.56 Å². The van der Waals surface area contributed by atoms with Crippen LogP contribution in [0.4, 0.5) is 0 Å². The Hall–Kier alpha value is -2.15. The van der Waals surface area contributed by atoms with E-state index in [1.54, 1.807) is 0 Å². The van der Waals surface area contributed by atoms with Gasteiger partial charge in [0.25, 0.3) is 5.09 Å². The lowest BCUT2D eigenvalue weighted by Gasteiger charge is -2.06. The van der Waals surface area contributed by atoms with Crippen molar-refractivity contribution in [1.82, 2.24) is 0 Å². The Balaban J connectivity index is 2.64. The fourth-order valence-corrected chi connectivity index (χ4v) is 1.11. The van der Waals surface area contributed by atoms with E-state index in [4.69, 9.17) is 10.8 Å². The van der Waals surface area contributed by atoms with Gasteiger partial charge in [-0.25, -0.2) is 0 Å². The topological polar surface area (TPSA) is 116 Å². The third-order valence-electron chi connectivity index (χ3n) is 1.88. The van der Waals surface area contributed by atoms with Crippen molar-refractivity contribution >= 4 is 5.97 Å². The van der Waals surface area contributed by atoms with E-state index < -0.39 is 17.1 Å². The van der Waals surface area contributed by atoms with Crippen molar-refractivity contribution in [2.24, 2.45) is 5.73 Å². The molecule has 0 spiro atoms. The molecular weight excluding hydrogens is 216 g/mol. The zero-order valence-electron chi connectivity index (χ0n) is 8.20. The van der Waals surface area contributed by atoms with Gasteiger partial charge in [0, 0.05) is 0 Å². The van der Waals surface area contributed by atoms with Gasteiger partial charge in [-0.3, -0.25) is 9.63 Å². The SMILES string of the molecule is NC(Cc1ccc(O[N+](=O)[O-])cc1)C(=O)O. The molecular formula is C9H10N2O5. The number of carbonyl (C=O) groups is 1. The van der Waals surface area contributed by atoms with Crippen LogP contribution in [0.2, 0.25) is 0 Å². The quantitative estimate of drug-likeness (QED) is 0.547. The van der Waals surface area contributed by atoms with Crippen LogP contribution < -0.4 is 10.6 Å². The first-order chi connectivity index (χ1) is 7.49. The van der Waals surface area contributed by atoms with Crippen LogP contribution in [-0.2, 0) is 11.2 Å². The lowest BCUT2D eigenvalue weighted by atomic mass is 10.1. The van der Waals surface area contributed by atoms with E-state index in [2.05, 4.69) is 4.84 Å². The number of benzene rings is 1. The molecule has 0 aliphatic carbocycles. The van der Waals surface area contributed by atoms with E-state index >= 15 is 0 Å². The Morgan fingerprint density at radius 1 is 1.50 bits per heavy atom. The normalized spacial score (nSPS) is 11.8. The minimum absolute atomic E-state index is 0.0812. The number of carboxylic acids is 1. The summed E-state index contributed by atoms with van der Waals surface area (Å²) in [5.74, 6) is -1.01. The van der Waals surface area contributed by atoms with Gasteiger partial charge in [-0.05, 0) is 24.1 Å². The van der Waals surface area contributed by atoms with E-state index in [1.165, 1.54) is 24.3 Å². The van der Waals surface area contributed by atoms with Crippen molar-refractivity contribution in [3.8, 4) is 5.75 Å². The van der Waals surface area contributed by atoms with Gasteiger partial charge < -0.3 is 10.8 Å². The minimum Gasteiger partial charge on any atom is -0.480 e. The van der Waals surface area contributed by atoms with E-state index in [0.29, 0.717) is 5.56 Å². The van der Waals surface area contributed by atoms with Crippen molar-refractivity contribution in [2.75, 3.05) is 0 Å². The highest BCUT2D eigenvalue weighted by molar-refractivity contribution is 5.73. The molecule has 0 saturated heterocycles. The number of aliphatic carboxylic acids is 1. The highest BCUT2D eigenvalue weighted by Gasteiger charge is 2.11. The number of hydrogen-bond donors (Lipinski definition) is 2. The predicted octanol–water partition coefficient (Wildman–Crippen LogP) is 0.212. The smallest absolute Gasteiger partial charge is 0.320 e. The van der Waals surface area contributed by atoms with Gasteiger partial charge in [0.2, 0.25) is 0 Å². The molecule has 3 N–H and O–H groups in total. The van der Waals surface area contributed by atoms with Crippen LogP contribution >= 0.6 is 0 Å². The first kappa shape index (κ1) is 11.9. The Labute approximate surface area is 90.5 Å². The molecule has 0 aliphatic heterocycles. The summed E-state index contributed by atoms with van der Waals surface area (Å²) < 4.78 is 0. The first-order valence-electron chi connectivity index (χ1n) is 4.38. The maximum Gasteiger partial charge on any atom is 0.320 e. The zero-order valence-corrected chi connectivity index (χ0v) is 8.20. The van der Waals surface area contributed by atoms with Gasteiger partial charge in [0.1, 0.15) is 11.8 Å². The molecule has 0 aliphatic rings. The Kier molecular flexibility index (Phi) is 3.78. The Morgan fingerprint density at radius 3 is 2.50 bits per heavy atom. The average molecular weight is 226 g/mol. The van der Waals surface area contributed by atoms with Crippen LogP contribution in [0.3, 0.4) is 0 Å². The molecule has 0 aromatic heterocycles. The molecule has 1 rings (SSSR count). The van der Waals surface area contributed by atoms with E-state index in [0.717, 1.165) is 0 Å². The second-order valence-corrected chi connectivity index (χ2v) is 3.11. The van der Waals surface area contributed by atoms with Crippen molar-refractivity contribution in [3.05, 3.63) is 39.9 Å². The number of rotatable bonds is 5. The van der Waals surface area contributed by atoms with Crippen molar-refractivity contribution < 1.29 is 19.8 Å². The first-order valence-corrected chi connectivity index (χ1v) is 4.38. The molecule has 1 atom stereocenters. The Morgan fingerprint density at radius 2 is 2.06 bits per heavy atom. The molecule has 86 valence electrons. The van der Waals surface area contributed by atoms with Crippen LogP contribution in [0.15, 0.2) is 24.3 Å². The third kappa shape index (κ3) is 3.54. The molecule has 0 heterocycles. The molecule has 7 heteroatoms. The average Bonchev–Trinajstić information content (AvgIpc) is 2.20. The molecule has 0 saturated carbocycles. The van der Waals surface area contributed by atoms with E-state index in [-0.39, 0.29) is 12.2 Å². The fourth-order valence-electron chi connectivity index (χ4n) is 1.11. The largest absolute Gasteiger partial charge is 0.480 e. The Bertz CT molecular complexity index is 389. The van der Waals surface area contributed by atoms with Crippen LogP contribution in [-0.4, -0.2) is 22.2 Å². The van der Waals surface area contributed by atoms with E-state index in [1.807, 2.05) is 0 Å². The summed E-state index contributed by atoms with van der Waals surface area (Å²) in [6, 6.07) is 4.84. The molecule has 0 bridgehead atoms. The zero-order chi connectivity index (χ0) is 12.1. The molecule has 0 amide bonds. The van der Waals surface area contributed by atoms with Crippen LogP contribution in [0.25, 0.3) is 0 Å². The molecule has 7 nitrogen and oxygen atoms in total. The summed E-state index contributed by atoms with van der Waals surface area (Å²) in [7, 11) is 0. The third-order valence-corrected chi connectivity index (χ3v) is 1.88. The van der Waals surface area contributed by atoms with Crippen molar-refractivity contribution in [3.63, 3.8) is 0 Å². The summed E-state index contributed by atoms with van der Waals surface area (Å²) in [5, 5.41) is 17.7. The second-order valence-electron chi connectivity index (χ2n) is 3.11. The fraction of sp³-hybridized carbons (Fsp3) is 0.222. The van der Waals surface area contributed by atoms with Gasteiger partial charge in [0.05, 0.1) is 0 Å². The lowest BCUT2D eigenvalue weighted by Crippen LogP contribution is -2.32. The lowest BCUT2D eigenvalue weighted by molar-refractivity contribution is -0.711. The highest BCUT2D eigenvalue weighted by atomic mass is 17.0. The minimum atomic E-state index is -1.09. The molecule has 1 aromatic carbocycles. The maximum absolute atomic E-state index is 10.5. The summed E-state index contributed by atoms with van der Waals surface area (Å²) in [6.45, 7) is 0. The molecule has 0 radical (unpaired) electrons. The number of carboxylic acid groups (broad SMARTS) is 1. The molecule has 16 heavy (non-hydrogen) atoms. The van der Waals surface area contributed by atoms with Gasteiger partial charge in [-0.1, -0.05) is 12.1 Å². The summed E-state index contributed by atoms with van der Waals surface area (Å²) >= 11 is 0. The van der Waals surface area contributed by atoms with Crippen molar-refractivity contribution in [2.45, 2.75) is 12.5 Å².